The Labute approximate surface area is 111 Å². The lowest BCUT2D eigenvalue weighted by Crippen LogP contribution is -2.49. The molecule has 1 fully saturated rings. The van der Waals surface area contributed by atoms with Crippen molar-refractivity contribution in [2.75, 3.05) is 13.6 Å². The van der Waals surface area contributed by atoms with Crippen LogP contribution in [-0.4, -0.2) is 47.8 Å². The van der Waals surface area contributed by atoms with Gasteiger partial charge in [0.15, 0.2) is 0 Å². The normalized spacial score (nSPS) is 28.2. The van der Waals surface area contributed by atoms with Crippen molar-refractivity contribution < 1.29 is 9.76 Å². The highest BCUT2D eigenvalue weighted by Gasteiger charge is 2.38. The first kappa shape index (κ1) is 15.3. The number of rotatable bonds is 4. The Balaban J connectivity index is 2.50. The number of aliphatic hydroxyl groups is 1. The van der Waals surface area contributed by atoms with E-state index in [0.29, 0.717) is 0 Å². The van der Waals surface area contributed by atoms with E-state index in [9.17, 15) is 5.11 Å². The third-order valence-electron chi connectivity index (χ3n) is 3.83. The molecule has 3 nitrogen and oxygen atoms in total. The maximum atomic E-state index is 10.0. The van der Waals surface area contributed by atoms with E-state index >= 15 is 0 Å². The highest BCUT2D eigenvalue weighted by molar-refractivity contribution is 6.35. The second kappa shape index (κ2) is 5.47. The van der Waals surface area contributed by atoms with Crippen LogP contribution in [0, 0.1) is 0 Å². The molecule has 1 N–H and O–H groups in total. The van der Waals surface area contributed by atoms with Crippen LogP contribution in [0.15, 0.2) is 0 Å². The predicted molar refractivity (Wildman–Crippen MR) is 72.5 cm³/mol. The zero-order chi connectivity index (χ0) is 13.3. The molecule has 2 atom stereocenters. The molecule has 0 saturated carbocycles. The number of piperidine rings is 1. The van der Waals surface area contributed by atoms with Gasteiger partial charge in [0.1, 0.15) is 0 Å². The third kappa shape index (κ3) is 3.85. The number of halogens is 1. The molecular weight excluding hydrogens is 236 g/mol. The molecule has 1 aliphatic rings. The van der Waals surface area contributed by atoms with Gasteiger partial charge in [-0.05, 0) is 53.5 Å². The molecule has 0 aromatic carbocycles. The monoisotopic (exact) mass is 260 g/mol. The Bertz CT molecular complexity index is 255. The van der Waals surface area contributed by atoms with E-state index < -0.39 is 11.2 Å². The summed E-state index contributed by atoms with van der Waals surface area (Å²) in [5, 5.41) is 10.0. The van der Waals surface area contributed by atoms with Crippen molar-refractivity contribution in [1.82, 2.24) is 4.90 Å². The highest BCUT2D eigenvalue weighted by atomic mass is 35.5. The first-order valence-electron chi connectivity index (χ1n) is 6.23. The van der Waals surface area contributed by atoms with Crippen LogP contribution in [0.4, 0.5) is 0 Å². The summed E-state index contributed by atoms with van der Waals surface area (Å²) < 4.78 is 5.77. The van der Waals surface area contributed by atoms with Gasteiger partial charge < -0.3 is 9.76 Å². The first-order valence-corrected chi connectivity index (χ1v) is 6.66. The van der Waals surface area contributed by atoms with E-state index in [2.05, 4.69) is 4.90 Å². The molecule has 1 heterocycles. The van der Waals surface area contributed by atoms with Gasteiger partial charge in [-0.1, -0.05) is 6.42 Å². The minimum absolute atomic E-state index is 0.0126. The summed E-state index contributed by atoms with van der Waals surface area (Å²) in [5.41, 5.74) is -1.51. The quantitative estimate of drug-likeness (QED) is 0.478. The molecule has 1 aliphatic heterocycles. The van der Waals surface area contributed by atoms with Gasteiger partial charge in [0.25, 0.3) is 7.48 Å². The number of nitrogens with zero attached hydrogens (tertiary/aromatic N) is 1. The Morgan fingerprint density at radius 2 is 1.94 bits per heavy atom. The molecule has 0 spiro atoms. The number of hydrogen-bond donors (Lipinski definition) is 1. The van der Waals surface area contributed by atoms with E-state index in [1.165, 1.54) is 0 Å². The van der Waals surface area contributed by atoms with Crippen LogP contribution in [0.5, 0.6) is 0 Å². The molecule has 1 rings (SSSR count). The second-order valence-corrected chi connectivity index (χ2v) is 6.43. The Kier molecular flexibility index (Phi) is 4.93. The molecule has 99 valence electrons. The zero-order valence-electron chi connectivity index (χ0n) is 11.5. The maximum absolute atomic E-state index is 10.0. The standard InChI is InChI=1S/C12H24BClNO2/c1-11(2,16)12(3,4)17-13-9-7-6-8-15(5)10(9)14/h9-10,16H,6-8H2,1-5H3. The lowest BCUT2D eigenvalue weighted by Gasteiger charge is -2.40. The van der Waals surface area contributed by atoms with Crippen molar-refractivity contribution in [2.24, 2.45) is 0 Å². The topological polar surface area (TPSA) is 32.7 Å². The van der Waals surface area contributed by atoms with E-state index in [-0.39, 0.29) is 11.3 Å². The smallest absolute Gasteiger partial charge is 0.299 e. The fourth-order valence-electron chi connectivity index (χ4n) is 1.70. The molecule has 0 aromatic rings. The van der Waals surface area contributed by atoms with E-state index in [4.69, 9.17) is 16.3 Å². The van der Waals surface area contributed by atoms with Crippen molar-refractivity contribution in [3.63, 3.8) is 0 Å². The van der Waals surface area contributed by atoms with Crippen LogP contribution >= 0.6 is 11.6 Å². The Hall–Kier alpha value is 0.235. The largest absolute Gasteiger partial charge is 0.433 e. The molecule has 0 bridgehead atoms. The zero-order valence-corrected chi connectivity index (χ0v) is 12.3. The predicted octanol–water partition coefficient (Wildman–Crippen LogP) is 2.25. The highest BCUT2D eigenvalue weighted by Crippen LogP contribution is 2.32. The molecule has 5 heteroatoms. The van der Waals surface area contributed by atoms with Crippen LogP contribution in [0.25, 0.3) is 0 Å². The minimum Gasteiger partial charge on any atom is -0.433 e. The Morgan fingerprint density at radius 1 is 1.35 bits per heavy atom. The van der Waals surface area contributed by atoms with Crippen molar-refractivity contribution in [1.29, 1.82) is 0 Å². The lowest BCUT2D eigenvalue weighted by molar-refractivity contribution is -0.0915. The lowest BCUT2D eigenvalue weighted by atomic mass is 9.73. The summed E-state index contributed by atoms with van der Waals surface area (Å²) in [6, 6.07) is 0. The molecule has 17 heavy (non-hydrogen) atoms. The summed E-state index contributed by atoms with van der Waals surface area (Å²) >= 11 is 6.33. The van der Waals surface area contributed by atoms with Gasteiger partial charge in [0, 0.05) is 0 Å². The van der Waals surface area contributed by atoms with Crippen LogP contribution in [0.3, 0.4) is 0 Å². The SMILES string of the molecule is CN1CCCC([B]OC(C)(C)C(C)(C)O)C1Cl. The van der Waals surface area contributed by atoms with Crippen LogP contribution in [-0.2, 0) is 4.65 Å². The fraction of sp³-hybridized carbons (Fsp3) is 1.00. The van der Waals surface area contributed by atoms with Gasteiger partial charge in [-0.3, -0.25) is 4.90 Å². The van der Waals surface area contributed by atoms with Gasteiger partial charge in [-0.2, -0.15) is 0 Å². The molecule has 1 radical (unpaired) electrons. The second-order valence-electron chi connectivity index (χ2n) is 5.98. The van der Waals surface area contributed by atoms with Crippen molar-refractivity contribution in [3.05, 3.63) is 0 Å². The summed E-state index contributed by atoms with van der Waals surface area (Å²) in [4.78, 5) is 2.13. The molecule has 2 unspecified atom stereocenters. The summed E-state index contributed by atoms with van der Waals surface area (Å²) in [7, 11) is 3.84. The van der Waals surface area contributed by atoms with E-state index in [1.807, 2.05) is 28.4 Å². The third-order valence-corrected chi connectivity index (χ3v) is 4.49. The van der Waals surface area contributed by atoms with E-state index in [1.54, 1.807) is 13.8 Å². The molecule has 1 saturated heterocycles. The summed E-state index contributed by atoms with van der Waals surface area (Å²) in [6.07, 6.45) is 2.17. The van der Waals surface area contributed by atoms with Crippen LogP contribution in [0.1, 0.15) is 40.5 Å². The fourth-order valence-corrected chi connectivity index (χ4v) is 1.98. The van der Waals surface area contributed by atoms with Gasteiger partial charge >= 0.3 is 0 Å². The van der Waals surface area contributed by atoms with E-state index in [0.717, 1.165) is 19.4 Å². The van der Waals surface area contributed by atoms with Gasteiger partial charge in [0.05, 0.1) is 16.7 Å². The average molecular weight is 261 g/mol. The summed E-state index contributed by atoms with van der Waals surface area (Å²) in [5.74, 6) is 0.219. The molecule has 0 amide bonds. The average Bonchev–Trinajstić information content (AvgIpc) is 2.18. The van der Waals surface area contributed by atoms with Crippen molar-refractivity contribution >= 4 is 19.1 Å². The van der Waals surface area contributed by atoms with Gasteiger partial charge in [-0.25, -0.2) is 0 Å². The van der Waals surface area contributed by atoms with Crippen LogP contribution < -0.4 is 0 Å². The van der Waals surface area contributed by atoms with Crippen molar-refractivity contribution in [2.45, 2.75) is 63.1 Å². The Morgan fingerprint density at radius 3 is 2.47 bits per heavy atom. The number of hydrogen-bond acceptors (Lipinski definition) is 3. The number of likely N-dealkylation sites (tertiary alicyclic amines) is 1. The van der Waals surface area contributed by atoms with Crippen LogP contribution in [0.2, 0.25) is 5.82 Å². The minimum atomic E-state index is -0.883. The van der Waals surface area contributed by atoms with Gasteiger partial charge in [0.2, 0.25) is 0 Å². The molecular formula is C12H24BClNO2. The maximum Gasteiger partial charge on any atom is 0.299 e. The van der Waals surface area contributed by atoms with Crippen molar-refractivity contribution in [3.8, 4) is 0 Å². The first-order chi connectivity index (χ1) is 7.65. The summed E-state index contributed by atoms with van der Waals surface area (Å²) in [6.45, 7) is 8.32. The molecule has 0 aromatic heterocycles. The van der Waals surface area contributed by atoms with Gasteiger partial charge in [-0.15, -0.1) is 11.6 Å². The molecule has 0 aliphatic carbocycles. The number of alkyl halides is 1.